The van der Waals surface area contributed by atoms with Gasteiger partial charge in [-0.2, -0.15) is 0 Å². The average Bonchev–Trinajstić information content (AvgIpc) is 2.32. The van der Waals surface area contributed by atoms with Crippen LogP contribution in [0.15, 0.2) is 21.8 Å². The first-order valence-electron chi connectivity index (χ1n) is 5.70. The molecule has 0 aliphatic carbocycles. The minimum atomic E-state index is 0.00538. The quantitative estimate of drug-likeness (QED) is 0.917. The van der Waals surface area contributed by atoms with Crippen LogP contribution in [-0.2, 0) is 6.54 Å². The summed E-state index contributed by atoms with van der Waals surface area (Å²) < 4.78 is 2.20. The number of aromatic nitrogens is 2. The van der Waals surface area contributed by atoms with Crippen molar-refractivity contribution in [3.05, 3.63) is 27.4 Å². The molecule has 88 valence electrons. The fraction of sp³-hybridized carbons (Fsp3) is 0.636. The maximum Gasteiger partial charge on any atom is 0.267 e. The van der Waals surface area contributed by atoms with Crippen LogP contribution in [0.25, 0.3) is 0 Å². The molecule has 0 amide bonds. The summed E-state index contributed by atoms with van der Waals surface area (Å²) in [6, 6.07) is 0.555. The van der Waals surface area contributed by atoms with Gasteiger partial charge in [-0.25, -0.2) is 4.98 Å². The maximum atomic E-state index is 11.7. The van der Waals surface area contributed by atoms with E-state index in [1.165, 1.54) is 25.5 Å². The van der Waals surface area contributed by atoms with E-state index in [-0.39, 0.29) is 5.56 Å². The molecule has 1 fully saturated rings. The highest BCUT2D eigenvalue weighted by atomic mass is 79.9. The summed E-state index contributed by atoms with van der Waals surface area (Å²) in [6.45, 7) is 1.85. The molecule has 1 saturated heterocycles. The lowest BCUT2D eigenvalue weighted by molar-refractivity contribution is 0.364. The Morgan fingerprint density at radius 3 is 3.19 bits per heavy atom. The van der Waals surface area contributed by atoms with Gasteiger partial charge < -0.3 is 5.32 Å². The van der Waals surface area contributed by atoms with Crippen molar-refractivity contribution in [1.29, 1.82) is 0 Å². The summed E-state index contributed by atoms with van der Waals surface area (Å²) in [5.74, 6) is 0. The zero-order valence-corrected chi connectivity index (χ0v) is 10.7. The standard InChI is InChI=1S/C11H16BrN3O/c12-10-7-13-8-15(11(10)16)6-4-9-3-1-2-5-14-9/h7-9,14H,1-6H2. The van der Waals surface area contributed by atoms with Crippen LogP contribution < -0.4 is 10.9 Å². The van der Waals surface area contributed by atoms with Crippen LogP contribution >= 0.6 is 15.9 Å². The molecular weight excluding hydrogens is 270 g/mol. The summed E-state index contributed by atoms with van der Waals surface area (Å²) in [6.07, 6.45) is 7.93. The van der Waals surface area contributed by atoms with E-state index in [2.05, 4.69) is 26.2 Å². The van der Waals surface area contributed by atoms with Gasteiger partial charge in [0, 0.05) is 18.8 Å². The van der Waals surface area contributed by atoms with Gasteiger partial charge in [-0.05, 0) is 41.7 Å². The van der Waals surface area contributed by atoms with Crippen LogP contribution in [-0.4, -0.2) is 22.1 Å². The van der Waals surface area contributed by atoms with E-state index in [0.717, 1.165) is 19.5 Å². The zero-order valence-electron chi connectivity index (χ0n) is 9.16. The Balaban J connectivity index is 1.94. The molecule has 1 aliphatic rings. The van der Waals surface area contributed by atoms with Gasteiger partial charge in [0.2, 0.25) is 0 Å². The van der Waals surface area contributed by atoms with Crippen LogP contribution in [0, 0.1) is 0 Å². The molecule has 0 radical (unpaired) electrons. The molecule has 5 heteroatoms. The van der Waals surface area contributed by atoms with Crippen LogP contribution in [0.5, 0.6) is 0 Å². The van der Waals surface area contributed by atoms with Crippen molar-refractivity contribution >= 4 is 15.9 Å². The number of nitrogens with one attached hydrogen (secondary N) is 1. The Hall–Kier alpha value is -0.680. The largest absolute Gasteiger partial charge is 0.314 e. The van der Waals surface area contributed by atoms with Gasteiger partial charge in [0.05, 0.1) is 6.33 Å². The van der Waals surface area contributed by atoms with Crippen molar-refractivity contribution in [3.8, 4) is 0 Å². The van der Waals surface area contributed by atoms with Crippen LogP contribution in [0.3, 0.4) is 0 Å². The lowest BCUT2D eigenvalue weighted by Gasteiger charge is -2.23. The molecule has 2 heterocycles. The fourth-order valence-electron chi connectivity index (χ4n) is 2.05. The Morgan fingerprint density at radius 2 is 2.44 bits per heavy atom. The molecule has 1 N–H and O–H groups in total. The highest BCUT2D eigenvalue weighted by molar-refractivity contribution is 9.10. The van der Waals surface area contributed by atoms with Crippen molar-refractivity contribution in [2.24, 2.45) is 0 Å². The summed E-state index contributed by atoms with van der Waals surface area (Å²) in [7, 11) is 0. The molecular formula is C11H16BrN3O. The summed E-state index contributed by atoms with van der Waals surface area (Å²) in [4.78, 5) is 15.7. The molecule has 0 spiro atoms. The smallest absolute Gasteiger partial charge is 0.267 e. The number of piperidine rings is 1. The molecule has 1 aliphatic heterocycles. The van der Waals surface area contributed by atoms with E-state index < -0.39 is 0 Å². The second-order valence-corrected chi connectivity index (χ2v) is 5.03. The third kappa shape index (κ3) is 2.92. The van der Waals surface area contributed by atoms with Gasteiger partial charge in [0.15, 0.2) is 0 Å². The van der Waals surface area contributed by atoms with E-state index in [1.54, 1.807) is 10.9 Å². The van der Waals surface area contributed by atoms with Gasteiger partial charge in [-0.3, -0.25) is 9.36 Å². The normalized spacial score (nSPS) is 20.9. The predicted octanol–water partition coefficient (Wildman–Crippen LogP) is 1.54. The molecule has 4 nitrogen and oxygen atoms in total. The van der Waals surface area contributed by atoms with Crippen molar-refractivity contribution in [2.75, 3.05) is 6.54 Å². The molecule has 1 unspecified atom stereocenters. The number of halogens is 1. The Morgan fingerprint density at radius 1 is 1.56 bits per heavy atom. The second kappa shape index (κ2) is 5.59. The number of nitrogens with zero attached hydrogens (tertiary/aromatic N) is 2. The number of hydrogen-bond donors (Lipinski definition) is 1. The minimum absolute atomic E-state index is 0.00538. The number of rotatable bonds is 3. The van der Waals surface area contributed by atoms with Crippen LogP contribution in [0.2, 0.25) is 0 Å². The second-order valence-electron chi connectivity index (χ2n) is 4.18. The Bertz CT molecular complexity index is 398. The summed E-state index contributed by atoms with van der Waals surface area (Å²) >= 11 is 3.20. The minimum Gasteiger partial charge on any atom is -0.314 e. The summed E-state index contributed by atoms with van der Waals surface area (Å²) in [5.41, 5.74) is 0.00538. The Labute approximate surface area is 103 Å². The van der Waals surface area contributed by atoms with Crippen molar-refractivity contribution in [2.45, 2.75) is 38.3 Å². The molecule has 1 atom stereocenters. The van der Waals surface area contributed by atoms with Gasteiger partial charge in [-0.15, -0.1) is 0 Å². The lowest BCUT2D eigenvalue weighted by Crippen LogP contribution is -2.35. The number of hydrogen-bond acceptors (Lipinski definition) is 3. The topological polar surface area (TPSA) is 46.9 Å². The van der Waals surface area contributed by atoms with Crippen LogP contribution in [0.1, 0.15) is 25.7 Å². The monoisotopic (exact) mass is 285 g/mol. The highest BCUT2D eigenvalue weighted by Crippen LogP contribution is 2.10. The molecule has 2 rings (SSSR count). The predicted molar refractivity (Wildman–Crippen MR) is 66.5 cm³/mol. The summed E-state index contributed by atoms with van der Waals surface area (Å²) in [5, 5.41) is 3.48. The molecule has 0 bridgehead atoms. The van der Waals surface area contributed by atoms with E-state index in [1.807, 2.05) is 0 Å². The van der Waals surface area contributed by atoms with Gasteiger partial charge in [0.1, 0.15) is 4.47 Å². The third-order valence-corrected chi connectivity index (χ3v) is 3.53. The van der Waals surface area contributed by atoms with Crippen LogP contribution in [0.4, 0.5) is 0 Å². The molecule has 16 heavy (non-hydrogen) atoms. The number of aryl methyl sites for hydroxylation is 1. The third-order valence-electron chi connectivity index (χ3n) is 2.99. The van der Waals surface area contributed by atoms with E-state index in [9.17, 15) is 4.79 Å². The van der Waals surface area contributed by atoms with E-state index in [4.69, 9.17) is 0 Å². The molecule has 1 aromatic heterocycles. The van der Waals surface area contributed by atoms with E-state index >= 15 is 0 Å². The first kappa shape index (κ1) is 11.8. The lowest BCUT2D eigenvalue weighted by atomic mass is 10.0. The molecule has 0 saturated carbocycles. The fourth-order valence-corrected chi connectivity index (χ4v) is 2.39. The van der Waals surface area contributed by atoms with Crippen molar-refractivity contribution in [3.63, 3.8) is 0 Å². The zero-order chi connectivity index (χ0) is 11.4. The molecule has 0 aromatic carbocycles. The maximum absolute atomic E-state index is 11.7. The first-order valence-corrected chi connectivity index (χ1v) is 6.50. The van der Waals surface area contributed by atoms with E-state index in [0.29, 0.717) is 10.5 Å². The highest BCUT2D eigenvalue weighted by Gasteiger charge is 2.12. The van der Waals surface area contributed by atoms with Gasteiger partial charge >= 0.3 is 0 Å². The first-order chi connectivity index (χ1) is 7.77. The SMILES string of the molecule is O=c1c(Br)cncn1CCC1CCCCN1. The van der Waals surface area contributed by atoms with Crippen molar-refractivity contribution < 1.29 is 0 Å². The van der Waals surface area contributed by atoms with Gasteiger partial charge in [0.25, 0.3) is 5.56 Å². The van der Waals surface area contributed by atoms with Gasteiger partial charge in [-0.1, -0.05) is 6.42 Å². The average molecular weight is 286 g/mol. The Kier molecular flexibility index (Phi) is 4.12. The van der Waals surface area contributed by atoms with Crippen molar-refractivity contribution in [1.82, 2.24) is 14.9 Å². The molecule has 1 aromatic rings.